The highest BCUT2D eigenvalue weighted by Crippen LogP contribution is 2.40. The number of aromatic nitrogens is 4. The molecule has 0 atom stereocenters. The van der Waals surface area contributed by atoms with E-state index in [2.05, 4.69) is 155 Å². The van der Waals surface area contributed by atoms with E-state index in [1.807, 2.05) is 42.6 Å². The highest BCUT2D eigenvalue weighted by molar-refractivity contribution is 6.13. The summed E-state index contributed by atoms with van der Waals surface area (Å²) < 4.78 is 8.78. The molecule has 0 bridgehead atoms. The Morgan fingerprint density at radius 1 is 0.411 bits per heavy atom. The van der Waals surface area contributed by atoms with Crippen LogP contribution in [0.3, 0.4) is 0 Å². The van der Waals surface area contributed by atoms with Crippen LogP contribution < -0.4 is 0 Å². The molecule has 0 spiro atoms. The normalized spacial score (nSPS) is 11.6. The SMILES string of the molecule is c1ccc(-c2nc(-c3ccc(-c4cccnc4)cc3)cc(-c3ccc(-n4c5ccccc5c5cc(-c6cccc7c6oc6ccccc67)ccc54)cc3)n2)cc1. The van der Waals surface area contributed by atoms with Gasteiger partial charge in [0.1, 0.15) is 11.2 Å². The molecule has 0 aliphatic carbocycles. The molecule has 0 aliphatic rings. The van der Waals surface area contributed by atoms with Gasteiger partial charge in [-0.05, 0) is 65.2 Å². The molecule has 0 saturated heterocycles. The van der Waals surface area contributed by atoms with Gasteiger partial charge in [-0.1, -0.05) is 133 Å². The van der Waals surface area contributed by atoms with Gasteiger partial charge in [0.25, 0.3) is 0 Å². The third-order valence-electron chi connectivity index (χ3n) is 10.7. The minimum Gasteiger partial charge on any atom is -0.455 e. The molecule has 262 valence electrons. The second-order valence-corrected chi connectivity index (χ2v) is 14.1. The Labute approximate surface area is 322 Å². The van der Waals surface area contributed by atoms with Gasteiger partial charge in [0.05, 0.1) is 22.4 Å². The van der Waals surface area contributed by atoms with Crippen molar-refractivity contribution in [2.75, 3.05) is 0 Å². The lowest BCUT2D eigenvalue weighted by molar-refractivity contribution is 0.670. The summed E-state index contributed by atoms with van der Waals surface area (Å²) in [5.41, 5.74) is 14.3. The third kappa shape index (κ3) is 5.37. The first-order chi connectivity index (χ1) is 27.7. The summed E-state index contributed by atoms with van der Waals surface area (Å²) in [6.07, 6.45) is 3.68. The molecule has 0 unspecified atom stereocenters. The summed E-state index contributed by atoms with van der Waals surface area (Å²) >= 11 is 0. The van der Waals surface area contributed by atoms with Gasteiger partial charge < -0.3 is 8.98 Å². The summed E-state index contributed by atoms with van der Waals surface area (Å²) in [7, 11) is 0. The standard InChI is InChI=1S/C51H32N4O/c1-2-10-36(11-3-1)51-53-45(34-21-19-33(20-22-34)38-12-9-29-52-32-38)31-46(54-51)35-23-26-39(27-24-35)55-47-17-6-4-13-41(47)44-30-37(25-28-48(44)55)40-15-8-16-43-42-14-5-7-18-49(42)56-50(40)43/h1-32H. The van der Waals surface area contributed by atoms with Gasteiger partial charge in [0.2, 0.25) is 0 Å². The molecular weight excluding hydrogens is 685 g/mol. The molecule has 5 nitrogen and oxygen atoms in total. The number of benzene rings is 7. The second-order valence-electron chi connectivity index (χ2n) is 14.1. The Kier molecular flexibility index (Phi) is 7.42. The van der Waals surface area contributed by atoms with Crippen LogP contribution in [0.4, 0.5) is 0 Å². The van der Waals surface area contributed by atoms with Crippen LogP contribution in [0.25, 0.3) is 106 Å². The molecular formula is C51H32N4O. The molecule has 0 saturated carbocycles. The van der Waals surface area contributed by atoms with Crippen LogP contribution in [0.5, 0.6) is 0 Å². The van der Waals surface area contributed by atoms with Crippen LogP contribution in [-0.2, 0) is 0 Å². The highest BCUT2D eigenvalue weighted by Gasteiger charge is 2.17. The van der Waals surface area contributed by atoms with E-state index in [0.29, 0.717) is 5.82 Å². The Hall–Kier alpha value is -7.63. The number of furan rings is 1. The molecule has 0 aliphatic heterocycles. The van der Waals surface area contributed by atoms with E-state index in [1.165, 1.54) is 10.8 Å². The van der Waals surface area contributed by atoms with Crippen molar-refractivity contribution >= 4 is 43.7 Å². The zero-order valence-electron chi connectivity index (χ0n) is 30.2. The number of hydrogen-bond acceptors (Lipinski definition) is 4. The molecule has 0 amide bonds. The van der Waals surface area contributed by atoms with Gasteiger partial charge >= 0.3 is 0 Å². The number of pyridine rings is 1. The van der Waals surface area contributed by atoms with Gasteiger partial charge in [-0.2, -0.15) is 0 Å². The zero-order chi connectivity index (χ0) is 37.0. The lowest BCUT2D eigenvalue weighted by Crippen LogP contribution is -1.97. The van der Waals surface area contributed by atoms with Crippen molar-refractivity contribution in [3.8, 4) is 61.8 Å². The minimum atomic E-state index is 0.690. The first kappa shape index (κ1) is 31.9. The van der Waals surface area contributed by atoms with Crippen LogP contribution in [-0.4, -0.2) is 19.5 Å². The first-order valence-electron chi connectivity index (χ1n) is 18.8. The third-order valence-corrected chi connectivity index (χ3v) is 10.7. The largest absolute Gasteiger partial charge is 0.455 e. The molecule has 0 radical (unpaired) electrons. The fourth-order valence-corrected chi connectivity index (χ4v) is 8.00. The monoisotopic (exact) mass is 716 g/mol. The predicted octanol–water partition coefficient (Wildman–Crippen LogP) is 13.2. The average Bonchev–Trinajstić information content (AvgIpc) is 3.83. The molecule has 0 fully saturated rings. The van der Waals surface area contributed by atoms with Crippen LogP contribution in [0.1, 0.15) is 0 Å². The van der Waals surface area contributed by atoms with Gasteiger partial charge in [-0.25, -0.2) is 9.97 Å². The van der Waals surface area contributed by atoms with Crippen LogP contribution >= 0.6 is 0 Å². The van der Waals surface area contributed by atoms with E-state index in [-0.39, 0.29) is 0 Å². The number of fused-ring (bicyclic) bond motifs is 6. The summed E-state index contributed by atoms with van der Waals surface area (Å²) in [6, 6.07) is 63.6. The first-order valence-corrected chi connectivity index (χ1v) is 18.8. The molecule has 7 aromatic carbocycles. The van der Waals surface area contributed by atoms with Gasteiger partial charge in [0, 0.05) is 61.9 Å². The second kappa shape index (κ2) is 13.0. The number of para-hydroxylation sites is 3. The topological polar surface area (TPSA) is 56.7 Å². The van der Waals surface area contributed by atoms with Crippen molar-refractivity contribution in [3.05, 3.63) is 194 Å². The summed E-state index contributed by atoms with van der Waals surface area (Å²) in [5.74, 6) is 0.690. The molecule has 11 rings (SSSR count). The average molecular weight is 717 g/mol. The van der Waals surface area contributed by atoms with Crippen molar-refractivity contribution in [1.29, 1.82) is 0 Å². The van der Waals surface area contributed by atoms with Crippen molar-refractivity contribution in [2.24, 2.45) is 0 Å². The zero-order valence-corrected chi connectivity index (χ0v) is 30.2. The van der Waals surface area contributed by atoms with Crippen molar-refractivity contribution in [3.63, 3.8) is 0 Å². The lowest BCUT2D eigenvalue weighted by atomic mass is 10.0. The molecule has 56 heavy (non-hydrogen) atoms. The Balaban J connectivity index is 0.997. The van der Waals surface area contributed by atoms with Crippen molar-refractivity contribution in [2.45, 2.75) is 0 Å². The van der Waals surface area contributed by atoms with Gasteiger partial charge in [0.15, 0.2) is 5.82 Å². The maximum Gasteiger partial charge on any atom is 0.160 e. The Morgan fingerprint density at radius 2 is 1.05 bits per heavy atom. The molecule has 4 heterocycles. The molecule has 4 aromatic heterocycles. The molecule has 5 heteroatoms. The quantitative estimate of drug-likeness (QED) is 0.172. The Bertz CT molecular complexity index is 3220. The number of nitrogens with zero attached hydrogens (tertiary/aromatic N) is 4. The number of rotatable bonds is 6. The van der Waals surface area contributed by atoms with Gasteiger partial charge in [-0.15, -0.1) is 0 Å². The summed E-state index contributed by atoms with van der Waals surface area (Å²) in [4.78, 5) is 14.4. The maximum absolute atomic E-state index is 6.43. The summed E-state index contributed by atoms with van der Waals surface area (Å²) in [5, 5.41) is 4.66. The fraction of sp³-hybridized carbons (Fsp3) is 0. The fourth-order valence-electron chi connectivity index (χ4n) is 8.00. The van der Waals surface area contributed by atoms with Crippen LogP contribution in [0.15, 0.2) is 199 Å². The van der Waals surface area contributed by atoms with Gasteiger partial charge in [-0.3, -0.25) is 4.98 Å². The van der Waals surface area contributed by atoms with Crippen molar-refractivity contribution < 1.29 is 4.42 Å². The van der Waals surface area contributed by atoms with E-state index >= 15 is 0 Å². The Morgan fingerprint density at radius 3 is 1.84 bits per heavy atom. The minimum absolute atomic E-state index is 0.690. The van der Waals surface area contributed by atoms with Crippen LogP contribution in [0, 0.1) is 0 Å². The van der Waals surface area contributed by atoms with E-state index in [4.69, 9.17) is 14.4 Å². The lowest BCUT2D eigenvalue weighted by Gasteiger charge is -2.12. The smallest absolute Gasteiger partial charge is 0.160 e. The maximum atomic E-state index is 6.43. The van der Waals surface area contributed by atoms with E-state index in [9.17, 15) is 0 Å². The molecule has 11 aromatic rings. The predicted molar refractivity (Wildman–Crippen MR) is 229 cm³/mol. The number of hydrogen-bond donors (Lipinski definition) is 0. The molecule has 0 N–H and O–H groups in total. The van der Waals surface area contributed by atoms with E-state index in [1.54, 1.807) is 6.20 Å². The van der Waals surface area contributed by atoms with Crippen molar-refractivity contribution in [1.82, 2.24) is 19.5 Å². The summed E-state index contributed by atoms with van der Waals surface area (Å²) in [6.45, 7) is 0. The highest BCUT2D eigenvalue weighted by atomic mass is 16.3. The van der Waals surface area contributed by atoms with Crippen LogP contribution in [0.2, 0.25) is 0 Å². The van der Waals surface area contributed by atoms with E-state index < -0.39 is 0 Å². The van der Waals surface area contributed by atoms with E-state index in [0.717, 1.165) is 89.0 Å².